The second-order valence-electron chi connectivity index (χ2n) is 6.44. The summed E-state index contributed by atoms with van der Waals surface area (Å²) < 4.78 is 5.65. The molecular formula is C18H28ClN3O2. The van der Waals surface area contributed by atoms with Crippen molar-refractivity contribution in [2.75, 3.05) is 39.3 Å². The van der Waals surface area contributed by atoms with E-state index in [1.807, 2.05) is 0 Å². The summed E-state index contributed by atoms with van der Waals surface area (Å²) in [4.78, 5) is 14.8. The van der Waals surface area contributed by atoms with Gasteiger partial charge in [-0.3, -0.25) is 4.79 Å². The number of rotatable bonds is 8. The van der Waals surface area contributed by atoms with Gasteiger partial charge in [-0.15, -0.1) is 0 Å². The Morgan fingerprint density at radius 1 is 1.50 bits per heavy atom. The van der Waals surface area contributed by atoms with Gasteiger partial charge in [0.05, 0.1) is 12.2 Å². The molecule has 0 bridgehead atoms. The Hall–Kier alpha value is -1.30. The van der Waals surface area contributed by atoms with Gasteiger partial charge >= 0.3 is 0 Å². The molecule has 1 aliphatic rings. The van der Waals surface area contributed by atoms with E-state index in [0.29, 0.717) is 36.0 Å². The number of hydrogen-bond acceptors (Lipinski definition) is 4. The summed E-state index contributed by atoms with van der Waals surface area (Å²) in [6, 6.07) is 5.09. The molecule has 0 unspecified atom stereocenters. The van der Waals surface area contributed by atoms with Gasteiger partial charge in [-0.1, -0.05) is 18.5 Å². The number of nitrogens with zero attached hydrogens (tertiary/aromatic N) is 1. The van der Waals surface area contributed by atoms with Crippen LogP contribution in [0.2, 0.25) is 5.02 Å². The van der Waals surface area contributed by atoms with Crippen molar-refractivity contribution in [1.29, 1.82) is 0 Å². The second-order valence-corrected chi connectivity index (χ2v) is 6.87. The SMILES string of the molecule is C[C@@H]1CCCN(CCNC(=O)c2ccc(Cl)cc2OCCCN)C1. The monoisotopic (exact) mass is 353 g/mol. The zero-order valence-electron chi connectivity index (χ0n) is 14.4. The number of benzene rings is 1. The zero-order valence-corrected chi connectivity index (χ0v) is 15.1. The van der Waals surface area contributed by atoms with E-state index in [-0.39, 0.29) is 5.91 Å². The molecule has 6 heteroatoms. The third-order valence-corrected chi connectivity index (χ3v) is 4.48. The van der Waals surface area contributed by atoms with Crippen LogP contribution in [0.3, 0.4) is 0 Å². The highest BCUT2D eigenvalue weighted by molar-refractivity contribution is 6.30. The minimum Gasteiger partial charge on any atom is -0.493 e. The largest absolute Gasteiger partial charge is 0.493 e. The van der Waals surface area contributed by atoms with Crippen LogP contribution >= 0.6 is 11.6 Å². The summed E-state index contributed by atoms with van der Waals surface area (Å²) in [5.74, 6) is 1.13. The lowest BCUT2D eigenvalue weighted by molar-refractivity contribution is 0.0939. The number of nitrogens with one attached hydrogen (secondary N) is 1. The third kappa shape index (κ3) is 5.96. The predicted molar refractivity (Wildman–Crippen MR) is 97.8 cm³/mol. The van der Waals surface area contributed by atoms with Crippen LogP contribution in [0.5, 0.6) is 5.75 Å². The van der Waals surface area contributed by atoms with Gasteiger partial charge in [-0.2, -0.15) is 0 Å². The van der Waals surface area contributed by atoms with Gasteiger partial charge < -0.3 is 20.7 Å². The fourth-order valence-electron chi connectivity index (χ4n) is 2.98. The van der Waals surface area contributed by atoms with Gasteiger partial charge in [0.25, 0.3) is 5.91 Å². The van der Waals surface area contributed by atoms with Crippen LogP contribution in [0.4, 0.5) is 0 Å². The fraction of sp³-hybridized carbons (Fsp3) is 0.611. The zero-order chi connectivity index (χ0) is 17.4. The highest BCUT2D eigenvalue weighted by Crippen LogP contribution is 2.23. The Labute approximate surface area is 149 Å². The fourth-order valence-corrected chi connectivity index (χ4v) is 3.14. The van der Waals surface area contributed by atoms with E-state index in [1.54, 1.807) is 18.2 Å². The molecule has 2 rings (SSSR count). The molecule has 0 saturated carbocycles. The molecule has 24 heavy (non-hydrogen) atoms. The molecule has 1 saturated heterocycles. The van der Waals surface area contributed by atoms with Gasteiger partial charge in [-0.25, -0.2) is 0 Å². The minimum atomic E-state index is -0.125. The molecule has 1 fully saturated rings. The van der Waals surface area contributed by atoms with Crippen LogP contribution in [0.15, 0.2) is 18.2 Å². The van der Waals surface area contributed by atoms with Gasteiger partial charge in [0.15, 0.2) is 0 Å². The average molecular weight is 354 g/mol. The van der Waals surface area contributed by atoms with Crippen molar-refractivity contribution in [1.82, 2.24) is 10.2 Å². The lowest BCUT2D eigenvalue weighted by Gasteiger charge is -2.30. The molecule has 1 aromatic carbocycles. The molecule has 0 spiro atoms. The number of hydrogen-bond donors (Lipinski definition) is 2. The Bertz CT molecular complexity index is 539. The number of piperidine rings is 1. The van der Waals surface area contributed by atoms with Gasteiger partial charge in [0, 0.05) is 24.7 Å². The summed E-state index contributed by atoms with van der Waals surface area (Å²) in [6.45, 7) is 7.06. The third-order valence-electron chi connectivity index (χ3n) is 4.25. The van der Waals surface area contributed by atoms with Gasteiger partial charge in [0.1, 0.15) is 5.75 Å². The maximum absolute atomic E-state index is 12.4. The van der Waals surface area contributed by atoms with E-state index in [1.165, 1.54) is 12.8 Å². The summed E-state index contributed by atoms with van der Waals surface area (Å²) in [5.41, 5.74) is 5.99. The molecule has 1 amide bonds. The van der Waals surface area contributed by atoms with Gasteiger partial charge in [0.2, 0.25) is 0 Å². The number of carbonyl (C=O) groups excluding carboxylic acids is 1. The van der Waals surface area contributed by atoms with Crippen LogP contribution in [0.25, 0.3) is 0 Å². The van der Waals surface area contributed by atoms with E-state index in [2.05, 4.69) is 17.1 Å². The van der Waals surface area contributed by atoms with Crippen LogP contribution in [-0.4, -0.2) is 50.1 Å². The average Bonchev–Trinajstić information content (AvgIpc) is 2.55. The number of nitrogens with two attached hydrogens (primary N) is 1. The lowest BCUT2D eigenvalue weighted by atomic mass is 10.0. The Morgan fingerprint density at radius 2 is 2.33 bits per heavy atom. The molecule has 1 aliphatic heterocycles. The van der Waals surface area contributed by atoms with Crippen LogP contribution in [-0.2, 0) is 0 Å². The molecule has 1 atom stereocenters. The molecule has 1 aromatic rings. The van der Waals surface area contributed by atoms with E-state index in [4.69, 9.17) is 22.1 Å². The molecule has 0 aromatic heterocycles. The highest BCUT2D eigenvalue weighted by atomic mass is 35.5. The van der Waals surface area contributed by atoms with Crippen LogP contribution < -0.4 is 15.8 Å². The van der Waals surface area contributed by atoms with Crippen molar-refractivity contribution in [3.8, 4) is 5.75 Å². The first-order valence-corrected chi connectivity index (χ1v) is 9.11. The number of halogens is 1. The second kappa shape index (κ2) is 9.87. The first kappa shape index (κ1) is 19.0. The number of amides is 1. The lowest BCUT2D eigenvalue weighted by Crippen LogP contribution is -2.40. The Balaban J connectivity index is 1.86. The maximum atomic E-state index is 12.4. The van der Waals surface area contributed by atoms with Crippen molar-refractivity contribution in [3.05, 3.63) is 28.8 Å². The van der Waals surface area contributed by atoms with Crippen molar-refractivity contribution in [2.45, 2.75) is 26.2 Å². The molecule has 0 aliphatic carbocycles. The molecule has 5 nitrogen and oxygen atoms in total. The summed E-state index contributed by atoms with van der Waals surface area (Å²) in [5, 5.41) is 3.54. The topological polar surface area (TPSA) is 67.6 Å². The minimum absolute atomic E-state index is 0.125. The maximum Gasteiger partial charge on any atom is 0.255 e. The van der Waals surface area contributed by atoms with Crippen LogP contribution in [0, 0.1) is 5.92 Å². The molecule has 134 valence electrons. The van der Waals surface area contributed by atoms with Crippen LogP contribution in [0.1, 0.15) is 36.5 Å². The normalized spacial score (nSPS) is 18.4. The molecule has 3 N–H and O–H groups in total. The van der Waals surface area contributed by atoms with Crippen molar-refractivity contribution < 1.29 is 9.53 Å². The van der Waals surface area contributed by atoms with E-state index < -0.39 is 0 Å². The standard InChI is InChI=1S/C18H28ClN3O2/c1-14-4-2-9-22(13-14)10-8-21-18(23)16-6-5-15(19)12-17(16)24-11-3-7-20/h5-6,12,14H,2-4,7-11,13,20H2,1H3,(H,21,23)/t14-/m1/s1. The molecule has 0 radical (unpaired) electrons. The first-order valence-electron chi connectivity index (χ1n) is 8.73. The predicted octanol–water partition coefficient (Wildman–Crippen LogP) is 2.53. The molecular weight excluding hydrogens is 326 g/mol. The van der Waals surface area contributed by atoms with Crippen molar-refractivity contribution in [2.24, 2.45) is 11.7 Å². The summed E-state index contributed by atoms with van der Waals surface area (Å²) in [7, 11) is 0. The van der Waals surface area contributed by atoms with E-state index >= 15 is 0 Å². The molecule has 1 heterocycles. The summed E-state index contributed by atoms with van der Waals surface area (Å²) in [6.07, 6.45) is 3.28. The first-order chi connectivity index (χ1) is 11.6. The number of carbonyl (C=O) groups is 1. The Morgan fingerprint density at radius 3 is 3.08 bits per heavy atom. The highest BCUT2D eigenvalue weighted by Gasteiger charge is 2.17. The van der Waals surface area contributed by atoms with Gasteiger partial charge in [-0.05, 0) is 56.5 Å². The van der Waals surface area contributed by atoms with E-state index in [9.17, 15) is 4.79 Å². The van der Waals surface area contributed by atoms with E-state index in [0.717, 1.165) is 32.0 Å². The Kier molecular flexibility index (Phi) is 7.82. The van der Waals surface area contributed by atoms with Crippen molar-refractivity contribution >= 4 is 17.5 Å². The number of likely N-dealkylation sites (tertiary alicyclic amines) is 1. The quantitative estimate of drug-likeness (QED) is 0.705. The smallest absolute Gasteiger partial charge is 0.255 e. The van der Waals surface area contributed by atoms with Crippen molar-refractivity contribution in [3.63, 3.8) is 0 Å². The number of ether oxygens (including phenoxy) is 1. The summed E-state index contributed by atoms with van der Waals surface area (Å²) >= 11 is 6.01.